The molecular weight excluding hydrogens is 405 g/mol. The van der Waals surface area contributed by atoms with Gasteiger partial charge in [0.05, 0.1) is 4.90 Å². The van der Waals surface area contributed by atoms with Gasteiger partial charge in [0, 0.05) is 36.9 Å². The third-order valence-electron chi connectivity index (χ3n) is 4.59. The Labute approximate surface area is 170 Å². The van der Waals surface area contributed by atoms with Crippen molar-refractivity contribution in [2.24, 2.45) is 0 Å². The molecule has 0 aromatic heterocycles. The van der Waals surface area contributed by atoms with Crippen molar-refractivity contribution < 1.29 is 17.6 Å². The lowest BCUT2D eigenvalue weighted by molar-refractivity contribution is 0.0656. The van der Waals surface area contributed by atoms with Crippen LogP contribution in [0.25, 0.3) is 0 Å². The quantitative estimate of drug-likeness (QED) is 0.786. The molecule has 0 bridgehead atoms. The molecule has 1 amide bonds. The molecule has 0 spiro atoms. The first-order chi connectivity index (χ1) is 12.8. The Bertz CT molecular complexity index is 951. The number of nitrogens with zero attached hydrogens (tertiary/aromatic N) is 1. The zero-order chi connectivity index (χ0) is 19.6. The highest BCUT2D eigenvalue weighted by molar-refractivity contribution is 7.92. The first-order valence-corrected chi connectivity index (χ1v) is 10.2. The second-order valence-corrected chi connectivity index (χ2v) is 8.33. The molecule has 0 saturated carbocycles. The molecule has 1 saturated heterocycles. The Hall–Kier alpha value is -2.16. The van der Waals surface area contributed by atoms with Gasteiger partial charge in [-0.2, -0.15) is 0 Å². The van der Waals surface area contributed by atoms with Gasteiger partial charge in [-0.05, 0) is 61.9 Å². The minimum atomic E-state index is -3.84. The topological polar surface area (TPSA) is 78.5 Å². The first kappa shape index (κ1) is 22.1. The van der Waals surface area contributed by atoms with Gasteiger partial charge >= 0.3 is 0 Å². The molecule has 0 aliphatic carbocycles. The third kappa shape index (κ3) is 4.81. The molecule has 2 aromatic carbocycles. The smallest absolute Gasteiger partial charge is 0.261 e. The highest BCUT2D eigenvalue weighted by atomic mass is 35.5. The zero-order valence-corrected chi connectivity index (χ0v) is 17.2. The largest absolute Gasteiger partial charge is 0.333 e. The minimum Gasteiger partial charge on any atom is -0.333 e. The van der Waals surface area contributed by atoms with E-state index in [4.69, 9.17) is 0 Å². The van der Waals surface area contributed by atoms with Crippen molar-refractivity contribution in [2.75, 3.05) is 24.4 Å². The van der Waals surface area contributed by atoms with E-state index in [0.717, 1.165) is 19.2 Å². The highest BCUT2D eigenvalue weighted by Crippen LogP contribution is 2.20. The molecule has 28 heavy (non-hydrogen) atoms. The van der Waals surface area contributed by atoms with E-state index in [1.807, 2.05) is 6.92 Å². The van der Waals surface area contributed by atoms with Crippen molar-refractivity contribution in [3.05, 3.63) is 59.4 Å². The van der Waals surface area contributed by atoms with Crippen LogP contribution < -0.4 is 10.0 Å². The van der Waals surface area contributed by atoms with Gasteiger partial charge in [-0.3, -0.25) is 9.52 Å². The number of carbonyl (C=O) groups is 1. The van der Waals surface area contributed by atoms with E-state index in [1.54, 1.807) is 29.2 Å². The van der Waals surface area contributed by atoms with Crippen molar-refractivity contribution >= 4 is 34.0 Å². The van der Waals surface area contributed by atoms with Crippen LogP contribution in [0.3, 0.4) is 0 Å². The second kappa shape index (κ2) is 8.89. The summed E-state index contributed by atoms with van der Waals surface area (Å²) in [7, 11) is -3.84. The number of piperazine rings is 1. The summed E-state index contributed by atoms with van der Waals surface area (Å²) in [6, 6.07) is 10.0. The number of halogens is 2. The van der Waals surface area contributed by atoms with Crippen molar-refractivity contribution in [3.63, 3.8) is 0 Å². The summed E-state index contributed by atoms with van der Waals surface area (Å²) >= 11 is 0. The molecule has 1 aliphatic heterocycles. The molecule has 2 aromatic rings. The summed E-state index contributed by atoms with van der Waals surface area (Å²) in [5.41, 5.74) is 1.09. The Kier molecular flexibility index (Phi) is 7.03. The molecule has 152 valence electrons. The third-order valence-corrected chi connectivity index (χ3v) is 5.96. The summed E-state index contributed by atoms with van der Waals surface area (Å²) in [6.45, 7) is 5.63. The van der Waals surface area contributed by atoms with E-state index in [-0.39, 0.29) is 34.8 Å². The maximum atomic E-state index is 13.4. The molecule has 6 nitrogen and oxygen atoms in total. The van der Waals surface area contributed by atoms with E-state index >= 15 is 0 Å². The fourth-order valence-electron chi connectivity index (χ4n) is 2.99. The van der Waals surface area contributed by atoms with Crippen LogP contribution in [-0.2, 0) is 10.0 Å². The summed E-state index contributed by atoms with van der Waals surface area (Å²) in [4.78, 5) is 14.4. The molecule has 1 aliphatic rings. The Morgan fingerprint density at radius 2 is 1.89 bits per heavy atom. The number of carbonyl (C=O) groups excluding carboxylic acids is 1. The summed E-state index contributed by atoms with van der Waals surface area (Å²) in [5.74, 6) is -0.536. The van der Waals surface area contributed by atoms with Crippen LogP contribution in [0.2, 0.25) is 0 Å². The standard InChI is InChI=1S/C19H22FN3O3S.ClH/c1-13-11-17(7-8-18(13)20)27(25,26)22-16-5-3-15(4-6-16)19(24)23-10-9-21-12-14(23)2;/h3-8,11,14,21-22H,9-10,12H2,1-2H3;1H. The van der Waals surface area contributed by atoms with E-state index in [0.29, 0.717) is 17.8 Å². The number of nitrogens with one attached hydrogen (secondary N) is 2. The van der Waals surface area contributed by atoms with Gasteiger partial charge in [0.1, 0.15) is 5.82 Å². The van der Waals surface area contributed by atoms with Gasteiger partial charge in [-0.25, -0.2) is 12.8 Å². The normalized spacial score (nSPS) is 17.0. The summed E-state index contributed by atoms with van der Waals surface area (Å²) in [5, 5.41) is 3.23. The number of benzene rings is 2. The number of anilines is 1. The lowest BCUT2D eigenvalue weighted by Crippen LogP contribution is -2.52. The van der Waals surface area contributed by atoms with E-state index < -0.39 is 15.8 Å². The van der Waals surface area contributed by atoms with Crippen LogP contribution in [0.4, 0.5) is 10.1 Å². The fourth-order valence-corrected chi connectivity index (χ4v) is 4.13. The van der Waals surface area contributed by atoms with Crippen molar-refractivity contribution in [2.45, 2.75) is 24.8 Å². The van der Waals surface area contributed by atoms with Crippen LogP contribution in [0.1, 0.15) is 22.8 Å². The fraction of sp³-hybridized carbons (Fsp3) is 0.316. The number of rotatable bonds is 4. The molecule has 1 unspecified atom stereocenters. The average molecular weight is 428 g/mol. The molecule has 1 atom stereocenters. The average Bonchev–Trinajstić information content (AvgIpc) is 2.64. The Morgan fingerprint density at radius 3 is 2.50 bits per heavy atom. The summed E-state index contributed by atoms with van der Waals surface area (Å²) < 4.78 is 40.7. The van der Waals surface area contributed by atoms with Crippen LogP contribution in [0.5, 0.6) is 0 Å². The zero-order valence-electron chi connectivity index (χ0n) is 15.6. The monoisotopic (exact) mass is 427 g/mol. The lowest BCUT2D eigenvalue weighted by Gasteiger charge is -2.34. The van der Waals surface area contributed by atoms with Crippen LogP contribution in [0.15, 0.2) is 47.4 Å². The summed E-state index contributed by atoms with van der Waals surface area (Å²) in [6.07, 6.45) is 0. The number of hydrogen-bond donors (Lipinski definition) is 2. The van der Waals surface area contributed by atoms with Gasteiger partial charge in [-0.1, -0.05) is 0 Å². The van der Waals surface area contributed by atoms with Gasteiger partial charge in [-0.15, -0.1) is 12.4 Å². The number of sulfonamides is 1. The predicted molar refractivity (Wildman–Crippen MR) is 109 cm³/mol. The second-order valence-electron chi connectivity index (χ2n) is 6.65. The number of hydrogen-bond acceptors (Lipinski definition) is 4. The SMILES string of the molecule is Cc1cc(S(=O)(=O)Nc2ccc(C(=O)N3CCNCC3C)cc2)ccc1F.Cl. The maximum absolute atomic E-state index is 13.4. The molecule has 3 rings (SSSR count). The lowest BCUT2D eigenvalue weighted by atomic mass is 10.1. The van der Waals surface area contributed by atoms with Gasteiger partial charge in [0.15, 0.2) is 0 Å². The van der Waals surface area contributed by atoms with Crippen molar-refractivity contribution in [1.29, 1.82) is 0 Å². The first-order valence-electron chi connectivity index (χ1n) is 8.68. The molecular formula is C19H23ClFN3O3S. The van der Waals surface area contributed by atoms with E-state index in [1.165, 1.54) is 19.1 Å². The Balaban J connectivity index is 0.00000280. The van der Waals surface area contributed by atoms with Gasteiger partial charge < -0.3 is 10.2 Å². The van der Waals surface area contributed by atoms with Gasteiger partial charge in [0.25, 0.3) is 15.9 Å². The van der Waals surface area contributed by atoms with E-state index in [9.17, 15) is 17.6 Å². The van der Waals surface area contributed by atoms with Crippen LogP contribution in [-0.4, -0.2) is 44.9 Å². The van der Waals surface area contributed by atoms with Crippen LogP contribution in [0, 0.1) is 12.7 Å². The maximum Gasteiger partial charge on any atom is 0.261 e. The minimum absolute atomic E-state index is 0. The molecule has 1 heterocycles. The number of amides is 1. The van der Waals surface area contributed by atoms with Crippen molar-refractivity contribution in [1.82, 2.24) is 10.2 Å². The molecule has 9 heteroatoms. The molecule has 0 radical (unpaired) electrons. The van der Waals surface area contributed by atoms with Crippen molar-refractivity contribution in [3.8, 4) is 0 Å². The van der Waals surface area contributed by atoms with Crippen LogP contribution >= 0.6 is 12.4 Å². The number of aryl methyl sites for hydroxylation is 1. The predicted octanol–water partition coefficient (Wildman–Crippen LogP) is 2.79. The van der Waals surface area contributed by atoms with E-state index in [2.05, 4.69) is 10.0 Å². The highest BCUT2D eigenvalue weighted by Gasteiger charge is 2.24. The van der Waals surface area contributed by atoms with Gasteiger partial charge in [0.2, 0.25) is 0 Å². The molecule has 2 N–H and O–H groups in total. The molecule has 1 fully saturated rings. The Morgan fingerprint density at radius 1 is 1.21 bits per heavy atom.